The molecule has 24 heavy (non-hydrogen) atoms. The largest absolute Gasteiger partial charge is 0.481 e. The molecule has 0 spiro atoms. The van der Waals surface area contributed by atoms with Crippen molar-refractivity contribution >= 4 is 11.9 Å². The summed E-state index contributed by atoms with van der Waals surface area (Å²) in [5.74, 6) is -1.54. The molecule has 0 radical (unpaired) electrons. The maximum atomic E-state index is 13.1. The molecule has 3 rings (SSSR count). The van der Waals surface area contributed by atoms with Crippen molar-refractivity contribution in [2.24, 2.45) is 5.92 Å². The Morgan fingerprint density at radius 3 is 2.58 bits per heavy atom. The number of rotatable bonds is 3. The molecule has 7 heteroatoms. The van der Waals surface area contributed by atoms with E-state index in [-0.39, 0.29) is 18.5 Å². The van der Waals surface area contributed by atoms with Gasteiger partial charge in [-0.05, 0) is 38.8 Å². The van der Waals surface area contributed by atoms with Gasteiger partial charge in [0.1, 0.15) is 0 Å². The van der Waals surface area contributed by atoms with Crippen LogP contribution in [-0.4, -0.2) is 49.5 Å². The van der Waals surface area contributed by atoms with Crippen molar-refractivity contribution in [3.05, 3.63) is 41.7 Å². The number of aliphatic carboxylic acids is 1. The number of carboxylic acid groups (broad SMARTS) is 1. The van der Waals surface area contributed by atoms with Crippen LogP contribution in [0.2, 0.25) is 0 Å². The summed E-state index contributed by atoms with van der Waals surface area (Å²) in [6, 6.07) is 5.52. The van der Waals surface area contributed by atoms with E-state index in [1.54, 1.807) is 23.4 Å². The highest BCUT2D eigenvalue weighted by molar-refractivity contribution is 5.98. The van der Waals surface area contributed by atoms with Crippen LogP contribution in [0.5, 0.6) is 0 Å². The lowest BCUT2D eigenvalue weighted by Crippen LogP contribution is -2.47. The van der Waals surface area contributed by atoms with E-state index in [0.717, 1.165) is 5.56 Å². The Morgan fingerprint density at radius 1 is 1.21 bits per heavy atom. The summed E-state index contributed by atoms with van der Waals surface area (Å²) in [7, 11) is 0. The molecular weight excluding hydrogens is 308 g/mol. The summed E-state index contributed by atoms with van der Waals surface area (Å²) in [5, 5.41) is 17.5. The van der Waals surface area contributed by atoms with Gasteiger partial charge in [0.2, 0.25) is 0 Å². The van der Waals surface area contributed by atoms with Gasteiger partial charge >= 0.3 is 5.97 Å². The summed E-state index contributed by atoms with van der Waals surface area (Å²) in [6.45, 7) is 4.10. The number of likely N-dealkylation sites (tertiary alicyclic amines) is 1. The van der Waals surface area contributed by atoms with Gasteiger partial charge < -0.3 is 10.0 Å². The van der Waals surface area contributed by atoms with Crippen LogP contribution in [0.4, 0.5) is 0 Å². The fraction of sp³-hybridized carbons (Fsp3) is 0.412. The number of carbonyl (C=O) groups is 2. The molecule has 2 aromatic rings. The summed E-state index contributed by atoms with van der Waals surface area (Å²) in [5.41, 5.74) is 2.04. The molecule has 1 saturated heterocycles. The lowest BCUT2D eigenvalue weighted by Gasteiger charge is -2.36. The maximum Gasteiger partial charge on any atom is 0.308 e. The van der Waals surface area contributed by atoms with Crippen molar-refractivity contribution in [3.8, 4) is 5.69 Å². The molecule has 1 amide bonds. The second-order valence-electron chi connectivity index (χ2n) is 6.26. The number of benzene rings is 1. The number of carbonyl (C=O) groups excluding carboxylic acids is 1. The van der Waals surface area contributed by atoms with Gasteiger partial charge in [0, 0.05) is 12.6 Å². The molecule has 0 aliphatic carbocycles. The molecule has 0 bridgehead atoms. The average Bonchev–Trinajstić information content (AvgIpc) is 3.08. The number of piperidine rings is 1. The van der Waals surface area contributed by atoms with Gasteiger partial charge in [-0.15, -0.1) is 0 Å². The topological polar surface area (TPSA) is 88.3 Å². The molecule has 2 atom stereocenters. The van der Waals surface area contributed by atoms with Gasteiger partial charge in [-0.25, -0.2) is 0 Å². The highest BCUT2D eigenvalue weighted by Gasteiger charge is 2.34. The van der Waals surface area contributed by atoms with E-state index in [0.29, 0.717) is 24.1 Å². The third-order valence-electron chi connectivity index (χ3n) is 4.51. The Morgan fingerprint density at radius 2 is 1.92 bits per heavy atom. The van der Waals surface area contributed by atoms with E-state index in [9.17, 15) is 14.7 Å². The first-order chi connectivity index (χ1) is 11.5. The molecular formula is C17H20N4O3. The molecule has 0 unspecified atom stereocenters. The second kappa shape index (κ2) is 6.43. The average molecular weight is 328 g/mol. The minimum atomic E-state index is -0.849. The summed E-state index contributed by atoms with van der Waals surface area (Å²) < 4.78 is 0. The van der Waals surface area contributed by atoms with Gasteiger partial charge in [-0.3, -0.25) is 9.59 Å². The van der Waals surface area contributed by atoms with E-state index < -0.39 is 11.9 Å². The van der Waals surface area contributed by atoms with Gasteiger partial charge in [0.15, 0.2) is 0 Å². The fourth-order valence-electron chi connectivity index (χ4n) is 3.08. The van der Waals surface area contributed by atoms with Gasteiger partial charge in [0.05, 0.1) is 29.6 Å². The second-order valence-corrected chi connectivity index (χ2v) is 6.26. The molecule has 7 nitrogen and oxygen atoms in total. The lowest BCUT2D eigenvalue weighted by atomic mass is 9.92. The quantitative estimate of drug-likeness (QED) is 0.929. The van der Waals surface area contributed by atoms with Crippen LogP contribution in [-0.2, 0) is 4.79 Å². The van der Waals surface area contributed by atoms with Crippen LogP contribution < -0.4 is 0 Å². The number of aryl methyl sites for hydroxylation is 1. The highest BCUT2D eigenvalue weighted by atomic mass is 16.4. The highest BCUT2D eigenvalue weighted by Crippen LogP contribution is 2.26. The Balaban J connectivity index is 1.97. The molecule has 1 fully saturated rings. The number of carboxylic acids is 1. The SMILES string of the molecule is Cc1ccc(-n2nccn2)c(C(=O)N2C[C@H](C(=O)O)CC[C@H]2C)c1. The summed E-state index contributed by atoms with van der Waals surface area (Å²) in [4.78, 5) is 27.5. The molecule has 126 valence electrons. The van der Waals surface area contributed by atoms with Crippen molar-refractivity contribution in [1.82, 2.24) is 19.9 Å². The Bertz CT molecular complexity index is 757. The van der Waals surface area contributed by atoms with Crippen LogP contribution in [0.25, 0.3) is 5.69 Å². The van der Waals surface area contributed by atoms with Crippen LogP contribution in [0.1, 0.15) is 35.7 Å². The van der Waals surface area contributed by atoms with Crippen molar-refractivity contribution in [2.75, 3.05) is 6.54 Å². The minimum Gasteiger partial charge on any atom is -0.481 e. The molecule has 0 saturated carbocycles. The fourth-order valence-corrected chi connectivity index (χ4v) is 3.08. The summed E-state index contributed by atoms with van der Waals surface area (Å²) in [6.07, 6.45) is 4.39. The Hall–Kier alpha value is -2.70. The molecule has 1 aromatic heterocycles. The molecule has 1 aromatic carbocycles. The first kappa shape index (κ1) is 16.2. The van der Waals surface area contributed by atoms with Crippen molar-refractivity contribution in [1.29, 1.82) is 0 Å². The molecule has 1 aliphatic heterocycles. The standard InChI is InChI=1S/C17H20N4O3/c1-11-3-6-15(21-18-7-8-19-21)14(9-11)16(22)20-10-13(17(23)24)5-4-12(20)2/h3,6-9,12-13H,4-5,10H2,1-2H3,(H,23,24)/t12-,13-/m1/s1. The summed E-state index contributed by atoms with van der Waals surface area (Å²) >= 11 is 0. The van der Waals surface area contributed by atoms with E-state index in [1.807, 2.05) is 26.0 Å². The van der Waals surface area contributed by atoms with Gasteiger partial charge in [0.25, 0.3) is 5.91 Å². The first-order valence-corrected chi connectivity index (χ1v) is 7.98. The van der Waals surface area contributed by atoms with Crippen molar-refractivity contribution in [3.63, 3.8) is 0 Å². The number of hydrogen-bond donors (Lipinski definition) is 1. The van der Waals surface area contributed by atoms with Crippen LogP contribution in [0.15, 0.2) is 30.6 Å². The normalized spacial score (nSPS) is 20.8. The Labute approximate surface area is 139 Å². The number of aromatic nitrogens is 3. The third-order valence-corrected chi connectivity index (χ3v) is 4.51. The molecule has 1 aliphatic rings. The molecule has 2 heterocycles. The predicted molar refractivity (Wildman–Crippen MR) is 87.0 cm³/mol. The van der Waals surface area contributed by atoms with Gasteiger partial charge in [-0.1, -0.05) is 11.6 Å². The third kappa shape index (κ3) is 3.02. The van der Waals surface area contributed by atoms with E-state index in [4.69, 9.17) is 0 Å². The van der Waals surface area contributed by atoms with Crippen LogP contribution >= 0.6 is 0 Å². The number of amides is 1. The number of hydrogen-bond acceptors (Lipinski definition) is 4. The predicted octanol–water partition coefficient (Wildman–Crippen LogP) is 1.90. The van der Waals surface area contributed by atoms with E-state index in [2.05, 4.69) is 10.2 Å². The van der Waals surface area contributed by atoms with Crippen LogP contribution in [0, 0.1) is 12.8 Å². The zero-order valence-electron chi connectivity index (χ0n) is 13.7. The monoisotopic (exact) mass is 328 g/mol. The zero-order valence-corrected chi connectivity index (χ0v) is 13.7. The molecule has 1 N–H and O–H groups in total. The zero-order chi connectivity index (χ0) is 17.3. The maximum absolute atomic E-state index is 13.1. The first-order valence-electron chi connectivity index (χ1n) is 7.98. The lowest BCUT2D eigenvalue weighted by molar-refractivity contribution is -0.143. The van der Waals surface area contributed by atoms with Crippen molar-refractivity contribution in [2.45, 2.75) is 32.7 Å². The van der Waals surface area contributed by atoms with Crippen LogP contribution in [0.3, 0.4) is 0 Å². The smallest absolute Gasteiger partial charge is 0.308 e. The van der Waals surface area contributed by atoms with Crippen molar-refractivity contribution < 1.29 is 14.7 Å². The van der Waals surface area contributed by atoms with E-state index >= 15 is 0 Å². The van der Waals surface area contributed by atoms with Gasteiger partial charge in [-0.2, -0.15) is 15.0 Å². The number of nitrogens with zero attached hydrogens (tertiary/aromatic N) is 4. The van der Waals surface area contributed by atoms with E-state index in [1.165, 1.54) is 4.80 Å². The Kier molecular flexibility index (Phi) is 4.33. The minimum absolute atomic E-state index is 0.00652.